The molecule has 270 valence electrons. The Morgan fingerprint density at radius 2 is 1.57 bits per heavy atom. The number of urea groups is 1. The molecule has 0 fully saturated rings. The number of primary amides is 1. The molecule has 2 atom stereocenters. The maximum Gasteiger partial charge on any atom is 0.409 e. The van der Waals surface area contributed by atoms with Crippen molar-refractivity contribution in [2.45, 2.75) is 71.1 Å². The van der Waals surface area contributed by atoms with Crippen molar-refractivity contribution < 1.29 is 38.3 Å². The molecule has 1 heterocycles. The zero-order valence-electron chi connectivity index (χ0n) is 28.7. The van der Waals surface area contributed by atoms with E-state index in [9.17, 15) is 33.6 Å². The number of carbonyl (C=O) groups is 7. The highest BCUT2D eigenvalue weighted by atomic mass is 16.6. The summed E-state index contributed by atoms with van der Waals surface area (Å²) in [4.78, 5) is 88.6. The minimum atomic E-state index is -1.00. The summed E-state index contributed by atoms with van der Waals surface area (Å²) in [6.07, 6.45) is 4.28. The van der Waals surface area contributed by atoms with E-state index in [0.29, 0.717) is 50.0 Å². The van der Waals surface area contributed by atoms with Gasteiger partial charge in [-0.15, -0.1) is 0 Å². The highest BCUT2D eigenvalue weighted by Gasteiger charge is 2.29. The van der Waals surface area contributed by atoms with Crippen molar-refractivity contribution in [3.63, 3.8) is 0 Å². The third-order valence-electron chi connectivity index (χ3n) is 7.65. The van der Waals surface area contributed by atoms with Gasteiger partial charge in [-0.05, 0) is 56.3 Å². The van der Waals surface area contributed by atoms with Crippen LogP contribution in [0.15, 0.2) is 36.4 Å². The lowest BCUT2D eigenvalue weighted by Crippen LogP contribution is -2.54. The van der Waals surface area contributed by atoms with Crippen molar-refractivity contribution in [2.24, 2.45) is 11.7 Å². The minimum Gasteiger partial charge on any atom is -0.445 e. The molecular weight excluding hydrogens is 636 g/mol. The van der Waals surface area contributed by atoms with Gasteiger partial charge in [-0.3, -0.25) is 28.9 Å². The van der Waals surface area contributed by atoms with Crippen LogP contribution in [0.2, 0.25) is 0 Å². The first-order valence-electron chi connectivity index (χ1n) is 16.4. The van der Waals surface area contributed by atoms with E-state index in [2.05, 4.69) is 26.6 Å². The standard InChI is InChI=1S/C33H50N8O8/c1-22(2)29(39-26(42)10-6-5-7-19-41-27(43)15-16-28(41)44)31(46)38-25(9-8-17-36-32(34)47)30(45)37-24-13-11-23(12-14-24)21-49-33(48)40(4)20-18-35-3/h11-16,22,25,29,35H,5-10,17-21H2,1-4H3,(H,37,45)(H,38,46)(H,39,42)(H3,34,36,47). The Kier molecular flexibility index (Phi) is 17.3. The topological polar surface area (TPSA) is 221 Å². The summed E-state index contributed by atoms with van der Waals surface area (Å²) in [5.41, 5.74) is 6.30. The summed E-state index contributed by atoms with van der Waals surface area (Å²) in [6, 6.07) is 4.07. The van der Waals surface area contributed by atoms with Crippen LogP contribution >= 0.6 is 0 Å². The lowest BCUT2D eigenvalue weighted by atomic mass is 10.0. The van der Waals surface area contributed by atoms with Gasteiger partial charge in [0.15, 0.2) is 0 Å². The largest absolute Gasteiger partial charge is 0.445 e. The number of imide groups is 1. The Morgan fingerprint density at radius 1 is 0.898 bits per heavy atom. The molecule has 0 aromatic heterocycles. The number of nitrogens with one attached hydrogen (secondary N) is 5. The van der Waals surface area contributed by atoms with Crippen LogP contribution in [0, 0.1) is 5.92 Å². The van der Waals surface area contributed by atoms with E-state index < -0.39 is 36.0 Å². The fraction of sp³-hybridized carbons (Fsp3) is 0.545. The van der Waals surface area contributed by atoms with Gasteiger partial charge >= 0.3 is 12.1 Å². The number of benzene rings is 1. The number of nitrogens with zero attached hydrogens (tertiary/aromatic N) is 2. The van der Waals surface area contributed by atoms with E-state index in [1.807, 2.05) is 0 Å². The first kappa shape index (κ1) is 40.2. The van der Waals surface area contributed by atoms with Crippen molar-refractivity contribution in [3.8, 4) is 0 Å². The number of nitrogens with two attached hydrogens (primary N) is 1. The van der Waals surface area contributed by atoms with E-state index in [1.54, 1.807) is 52.2 Å². The summed E-state index contributed by atoms with van der Waals surface area (Å²) in [5, 5.41) is 13.7. The molecule has 0 radical (unpaired) electrons. The molecule has 16 heteroatoms. The zero-order valence-corrected chi connectivity index (χ0v) is 28.7. The smallest absolute Gasteiger partial charge is 0.409 e. The molecule has 0 aliphatic carbocycles. The van der Waals surface area contributed by atoms with Gasteiger partial charge < -0.3 is 42.0 Å². The molecule has 0 bridgehead atoms. The quantitative estimate of drug-likeness (QED) is 0.0800. The van der Waals surface area contributed by atoms with E-state index in [1.165, 1.54) is 17.1 Å². The second-order valence-corrected chi connectivity index (χ2v) is 12.0. The number of unbranched alkanes of at least 4 members (excludes halogenated alkanes) is 2. The van der Waals surface area contributed by atoms with Gasteiger partial charge in [0.2, 0.25) is 17.7 Å². The van der Waals surface area contributed by atoms with Gasteiger partial charge in [-0.2, -0.15) is 0 Å². The number of rotatable bonds is 21. The molecule has 0 spiro atoms. The van der Waals surface area contributed by atoms with Crippen LogP contribution in [-0.4, -0.2) is 104 Å². The summed E-state index contributed by atoms with van der Waals surface area (Å²) in [7, 11) is 3.43. The summed E-state index contributed by atoms with van der Waals surface area (Å²) in [5.74, 6) is -2.37. The number of carbonyl (C=O) groups excluding carboxylic acids is 7. The molecule has 1 aliphatic rings. The molecule has 2 rings (SSSR count). The number of anilines is 1. The van der Waals surface area contributed by atoms with Crippen LogP contribution in [0.1, 0.15) is 57.9 Å². The first-order valence-corrected chi connectivity index (χ1v) is 16.4. The van der Waals surface area contributed by atoms with Crippen LogP contribution in [0.4, 0.5) is 15.3 Å². The lowest BCUT2D eigenvalue weighted by molar-refractivity contribution is -0.137. The lowest BCUT2D eigenvalue weighted by Gasteiger charge is -2.25. The highest BCUT2D eigenvalue weighted by Crippen LogP contribution is 2.14. The van der Waals surface area contributed by atoms with Crippen molar-refractivity contribution in [2.75, 3.05) is 45.6 Å². The van der Waals surface area contributed by atoms with E-state index in [4.69, 9.17) is 10.5 Å². The van der Waals surface area contributed by atoms with Crippen LogP contribution < -0.4 is 32.3 Å². The Morgan fingerprint density at radius 3 is 2.18 bits per heavy atom. The minimum absolute atomic E-state index is 0.0448. The second-order valence-electron chi connectivity index (χ2n) is 12.0. The Bertz CT molecular complexity index is 1320. The average Bonchev–Trinajstić information content (AvgIpc) is 3.38. The molecule has 16 nitrogen and oxygen atoms in total. The zero-order chi connectivity index (χ0) is 36.3. The van der Waals surface area contributed by atoms with E-state index in [-0.39, 0.29) is 56.2 Å². The molecular formula is C33H50N8O8. The number of amides is 8. The predicted octanol–water partition coefficient (Wildman–Crippen LogP) is 0.972. The molecule has 0 saturated heterocycles. The molecule has 1 aromatic carbocycles. The third-order valence-corrected chi connectivity index (χ3v) is 7.65. The summed E-state index contributed by atoms with van der Waals surface area (Å²) < 4.78 is 5.32. The molecule has 7 N–H and O–H groups in total. The Hall–Kier alpha value is -4.99. The second kappa shape index (κ2) is 21.1. The van der Waals surface area contributed by atoms with Crippen molar-refractivity contribution in [1.82, 2.24) is 31.1 Å². The van der Waals surface area contributed by atoms with Gasteiger partial charge in [0.1, 0.15) is 18.7 Å². The molecule has 2 unspecified atom stereocenters. The first-order chi connectivity index (χ1) is 23.3. The van der Waals surface area contributed by atoms with Crippen LogP contribution in [0.25, 0.3) is 0 Å². The SMILES string of the molecule is CNCCN(C)C(=O)OCc1ccc(NC(=O)C(CCCNC(N)=O)NC(=O)C(NC(=O)CCCCCN2C(=O)C=CC2=O)C(C)C)cc1. The highest BCUT2D eigenvalue weighted by molar-refractivity contribution is 6.12. The van der Waals surface area contributed by atoms with Crippen LogP contribution in [0.5, 0.6) is 0 Å². The van der Waals surface area contributed by atoms with Gasteiger partial charge in [0.25, 0.3) is 11.8 Å². The fourth-order valence-electron chi connectivity index (χ4n) is 4.75. The molecule has 0 saturated carbocycles. The van der Waals surface area contributed by atoms with E-state index in [0.717, 1.165) is 4.90 Å². The van der Waals surface area contributed by atoms with Crippen molar-refractivity contribution >= 4 is 47.3 Å². The summed E-state index contributed by atoms with van der Waals surface area (Å²) >= 11 is 0. The average molecular weight is 687 g/mol. The maximum atomic E-state index is 13.4. The van der Waals surface area contributed by atoms with Crippen molar-refractivity contribution in [3.05, 3.63) is 42.0 Å². The molecule has 1 aliphatic heterocycles. The van der Waals surface area contributed by atoms with Crippen molar-refractivity contribution in [1.29, 1.82) is 0 Å². The number of hydrogen-bond acceptors (Lipinski definition) is 9. The fourth-order valence-corrected chi connectivity index (χ4v) is 4.75. The number of hydrogen-bond donors (Lipinski definition) is 6. The number of ether oxygens (including phenoxy) is 1. The predicted molar refractivity (Wildman–Crippen MR) is 182 cm³/mol. The maximum absolute atomic E-state index is 13.4. The van der Waals surface area contributed by atoms with Crippen LogP contribution in [-0.2, 0) is 35.3 Å². The molecule has 1 aromatic rings. The van der Waals surface area contributed by atoms with Crippen LogP contribution in [0.3, 0.4) is 0 Å². The number of likely N-dealkylation sites (N-methyl/N-ethyl adjacent to an activating group) is 2. The van der Waals surface area contributed by atoms with Gasteiger partial charge in [0, 0.05) is 57.5 Å². The third kappa shape index (κ3) is 14.8. The van der Waals surface area contributed by atoms with E-state index >= 15 is 0 Å². The Balaban J connectivity index is 1.94. The van der Waals surface area contributed by atoms with Gasteiger partial charge in [-0.25, -0.2) is 9.59 Å². The van der Waals surface area contributed by atoms with Gasteiger partial charge in [0.05, 0.1) is 0 Å². The monoisotopic (exact) mass is 686 g/mol. The summed E-state index contributed by atoms with van der Waals surface area (Å²) in [6.45, 7) is 5.17. The normalized spacial score (nSPS) is 13.5. The molecule has 8 amide bonds. The van der Waals surface area contributed by atoms with Gasteiger partial charge in [-0.1, -0.05) is 32.4 Å². The molecule has 49 heavy (non-hydrogen) atoms. The Labute approximate surface area is 286 Å².